The van der Waals surface area contributed by atoms with Crippen molar-refractivity contribution in [2.45, 2.75) is 52.9 Å². The summed E-state index contributed by atoms with van der Waals surface area (Å²) in [5.74, 6) is -2.18. The molecule has 1 aromatic heterocycles. The Balaban J connectivity index is 2.99. The van der Waals surface area contributed by atoms with Crippen LogP contribution in [0.4, 0.5) is 4.39 Å². The van der Waals surface area contributed by atoms with Crippen LogP contribution in [0.3, 0.4) is 0 Å². The Kier molecular flexibility index (Phi) is 8.37. The molecule has 0 saturated carbocycles. The van der Waals surface area contributed by atoms with Crippen molar-refractivity contribution in [1.82, 2.24) is 4.98 Å². The minimum Gasteiger partial charge on any atom is -0.462 e. The highest BCUT2D eigenvalue weighted by atomic mass is 32.2. The summed E-state index contributed by atoms with van der Waals surface area (Å²) in [6.07, 6.45) is -0.289. The van der Waals surface area contributed by atoms with Gasteiger partial charge in [-0.05, 0) is 30.4 Å². The molecule has 0 radical (unpaired) electrons. The van der Waals surface area contributed by atoms with Crippen LogP contribution in [-0.2, 0) is 20.1 Å². The average molecular weight is 436 g/mol. The van der Waals surface area contributed by atoms with Crippen molar-refractivity contribution in [3.8, 4) is 11.1 Å². The fourth-order valence-corrected chi connectivity index (χ4v) is 3.46. The van der Waals surface area contributed by atoms with Crippen molar-refractivity contribution < 1.29 is 27.5 Å². The molecule has 2 aromatic rings. The molecule has 1 heterocycles. The van der Waals surface area contributed by atoms with E-state index in [1.54, 1.807) is 25.1 Å². The van der Waals surface area contributed by atoms with Gasteiger partial charge in [-0.3, -0.25) is 14.3 Å². The van der Waals surface area contributed by atoms with Crippen molar-refractivity contribution >= 4 is 24.3 Å². The number of hydrogen-bond acceptors (Lipinski definition) is 7. The van der Waals surface area contributed by atoms with E-state index in [1.807, 2.05) is 27.7 Å². The van der Waals surface area contributed by atoms with Crippen LogP contribution in [-0.4, -0.2) is 28.1 Å². The van der Waals surface area contributed by atoms with Gasteiger partial charge in [0.25, 0.3) is 0 Å². The SMILES string of the molecule is CCOC(=O)c1c(C(C)C)nc(C(C)C)c(CC(=O)OSO)c1-c1ccccc1F. The average Bonchev–Trinajstić information content (AvgIpc) is 2.68. The number of esters is 1. The molecule has 0 spiro atoms. The minimum atomic E-state index is -0.740. The van der Waals surface area contributed by atoms with Gasteiger partial charge in [0.2, 0.25) is 12.3 Å². The molecule has 0 aliphatic heterocycles. The molecule has 0 unspecified atom stereocenters. The fourth-order valence-electron chi connectivity index (χ4n) is 3.32. The molecule has 0 saturated heterocycles. The first kappa shape index (κ1) is 23.8. The second-order valence-corrected chi connectivity index (χ2v) is 7.64. The van der Waals surface area contributed by atoms with Crippen LogP contribution in [0.5, 0.6) is 0 Å². The van der Waals surface area contributed by atoms with Crippen molar-refractivity contribution in [2.75, 3.05) is 6.61 Å². The number of pyridine rings is 1. The molecule has 0 fully saturated rings. The Labute approximate surface area is 180 Å². The third kappa shape index (κ3) is 5.17. The number of nitrogens with zero attached hydrogens (tertiary/aromatic N) is 1. The Morgan fingerprint density at radius 1 is 1.13 bits per heavy atom. The molecule has 30 heavy (non-hydrogen) atoms. The second-order valence-electron chi connectivity index (χ2n) is 7.33. The molecule has 162 valence electrons. The first-order valence-corrected chi connectivity index (χ1v) is 10.4. The third-order valence-electron chi connectivity index (χ3n) is 4.53. The first-order valence-electron chi connectivity index (χ1n) is 9.72. The smallest absolute Gasteiger partial charge is 0.340 e. The van der Waals surface area contributed by atoms with Gasteiger partial charge in [0.05, 0.1) is 24.3 Å². The lowest BCUT2D eigenvalue weighted by atomic mass is 9.85. The summed E-state index contributed by atoms with van der Waals surface area (Å²) in [5, 5.41) is 0. The summed E-state index contributed by atoms with van der Waals surface area (Å²) in [4.78, 5) is 29.9. The molecule has 6 nitrogen and oxygen atoms in total. The van der Waals surface area contributed by atoms with E-state index in [2.05, 4.69) is 4.18 Å². The Morgan fingerprint density at radius 2 is 1.77 bits per heavy atom. The predicted octanol–water partition coefficient (Wildman–Crippen LogP) is 5.52. The highest BCUT2D eigenvalue weighted by Crippen LogP contribution is 2.38. The molecular weight excluding hydrogens is 409 g/mol. The lowest BCUT2D eigenvalue weighted by Gasteiger charge is -2.23. The monoisotopic (exact) mass is 435 g/mol. The Bertz CT molecular complexity index is 930. The molecule has 0 atom stereocenters. The van der Waals surface area contributed by atoms with Gasteiger partial charge in [-0.25, -0.2) is 9.18 Å². The zero-order valence-corrected chi connectivity index (χ0v) is 18.5. The van der Waals surface area contributed by atoms with Gasteiger partial charge in [0.1, 0.15) is 5.82 Å². The van der Waals surface area contributed by atoms with E-state index in [1.165, 1.54) is 6.07 Å². The number of rotatable bonds is 8. The third-order valence-corrected chi connectivity index (χ3v) is 4.79. The summed E-state index contributed by atoms with van der Waals surface area (Å²) < 4.78 is 33.7. The number of carbonyl (C=O) groups excluding carboxylic acids is 2. The lowest BCUT2D eigenvalue weighted by molar-refractivity contribution is -0.132. The van der Waals surface area contributed by atoms with Crippen molar-refractivity contribution in [3.63, 3.8) is 0 Å². The van der Waals surface area contributed by atoms with Crippen LogP contribution in [0.1, 0.15) is 73.8 Å². The summed E-state index contributed by atoms with van der Waals surface area (Å²) >= 11 is -0.0609. The zero-order valence-electron chi connectivity index (χ0n) is 17.7. The van der Waals surface area contributed by atoms with Gasteiger partial charge in [-0.1, -0.05) is 45.9 Å². The molecule has 1 aromatic carbocycles. The summed E-state index contributed by atoms with van der Waals surface area (Å²) in [5.41, 5.74) is 2.00. The largest absolute Gasteiger partial charge is 0.462 e. The van der Waals surface area contributed by atoms with E-state index in [4.69, 9.17) is 14.3 Å². The maximum atomic E-state index is 14.9. The highest BCUT2D eigenvalue weighted by molar-refractivity contribution is 7.89. The topological polar surface area (TPSA) is 85.7 Å². The predicted molar refractivity (Wildman–Crippen MR) is 114 cm³/mol. The van der Waals surface area contributed by atoms with Crippen LogP contribution < -0.4 is 0 Å². The number of carbonyl (C=O) groups is 2. The summed E-state index contributed by atoms with van der Waals surface area (Å²) in [6.45, 7) is 9.39. The van der Waals surface area contributed by atoms with Crippen molar-refractivity contribution in [1.29, 1.82) is 0 Å². The molecular formula is C22H26FNO5S. The maximum absolute atomic E-state index is 14.9. The quantitative estimate of drug-likeness (QED) is 0.432. The lowest BCUT2D eigenvalue weighted by Crippen LogP contribution is -2.19. The Morgan fingerprint density at radius 3 is 2.30 bits per heavy atom. The van der Waals surface area contributed by atoms with E-state index in [0.29, 0.717) is 17.0 Å². The van der Waals surface area contributed by atoms with Crippen molar-refractivity contribution in [2.24, 2.45) is 0 Å². The number of benzene rings is 1. The second kappa shape index (κ2) is 10.5. The fraction of sp³-hybridized carbons (Fsp3) is 0.409. The molecule has 0 aliphatic carbocycles. The van der Waals surface area contributed by atoms with Crippen LogP contribution in [0.2, 0.25) is 0 Å². The van der Waals surface area contributed by atoms with Crippen molar-refractivity contribution in [3.05, 3.63) is 52.6 Å². The van der Waals surface area contributed by atoms with E-state index < -0.39 is 17.8 Å². The van der Waals surface area contributed by atoms with Gasteiger partial charge in [0.15, 0.2) is 0 Å². The zero-order chi connectivity index (χ0) is 22.4. The highest BCUT2D eigenvalue weighted by Gasteiger charge is 2.30. The van der Waals surface area contributed by atoms with Gasteiger partial charge in [-0.15, -0.1) is 0 Å². The number of aromatic nitrogens is 1. The van der Waals surface area contributed by atoms with Gasteiger partial charge in [0, 0.05) is 16.8 Å². The number of ether oxygens (including phenoxy) is 1. The van der Waals surface area contributed by atoms with E-state index in [-0.39, 0.29) is 53.9 Å². The van der Waals surface area contributed by atoms with Gasteiger partial charge < -0.3 is 8.92 Å². The first-order chi connectivity index (χ1) is 14.2. The van der Waals surface area contributed by atoms with E-state index >= 15 is 0 Å². The molecule has 2 rings (SSSR count). The summed E-state index contributed by atoms with van der Waals surface area (Å²) in [7, 11) is 0. The minimum absolute atomic E-state index is 0.0609. The molecule has 1 N–H and O–H groups in total. The standard InChI is InChI=1S/C22H26FNO5S/c1-6-28-22(26)19-18(14-9-7-8-10-16(14)23)15(11-17(25)29-30-27)20(12(2)3)24-21(19)13(4)5/h7-10,12-13,27H,6,11H2,1-5H3. The Hall–Kier alpha value is -2.45. The van der Waals surface area contributed by atoms with Crippen LogP contribution in [0.25, 0.3) is 11.1 Å². The number of hydrogen-bond donors (Lipinski definition) is 1. The van der Waals surface area contributed by atoms with Crippen LogP contribution in [0, 0.1) is 5.82 Å². The summed E-state index contributed by atoms with van der Waals surface area (Å²) in [6, 6.07) is 6.05. The maximum Gasteiger partial charge on any atom is 0.340 e. The van der Waals surface area contributed by atoms with E-state index in [0.717, 1.165) is 0 Å². The van der Waals surface area contributed by atoms with Crippen LogP contribution in [0.15, 0.2) is 24.3 Å². The normalized spacial score (nSPS) is 11.1. The molecule has 0 aliphatic rings. The van der Waals surface area contributed by atoms with Gasteiger partial charge >= 0.3 is 11.9 Å². The molecule has 0 amide bonds. The van der Waals surface area contributed by atoms with Gasteiger partial charge in [-0.2, -0.15) is 0 Å². The van der Waals surface area contributed by atoms with E-state index in [9.17, 15) is 14.0 Å². The van der Waals surface area contributed by atoms with Crippen LogP contribution >= 0.6 is 12.3 Å². The molecule has 0 bridgehead atoms. The number of halogens is 1. The molecule has 8 heteroatoms.